The molecule has 2 aliphatic heterocycles. The van der Waals surface area contributed by atoms with Gasteiger partial charge < -0.3 is 9.80 Å². The molecular formula is C15H23N3O3. The van der Waals surface area contributed by atoms with E-state index < -0.39 is 6.04 Å². The van der Waals surface area contributed by atoms with Crippen LogP contribution in [0.4, 0.5) is 4.79 Å². The Kier molecular flexibility index (Phi) is 4.07. The van der Waals surface area contributed by atoms with E-state index in [1.165, 1.54) is 11.0 Å². The highest BCUT2D eigenvalue weighted by Crippen LogP contribution is 2.25. The van der Waals surface area contributed by atoms with Crippen LogP contribution in [-0.2, 0) is 9.59 Å². The summed E-state index contributed by atoms with van der Waals surface area (Å²) in [6.45, 7) is 11.0. The molecule has 0 aliphatic carbocycles. The van der Waals surface area contributed by atoms with E-state index in [1.54, 1.807) is 9.80 Å². The lowest BCUT2D eigenvalue weighted by atomic mass is 9.91. The summed E-state index contributed by atoms with van der Waals surface area (Å²) in [5.74, 6) is -0.183. The fourth-order valence-corrected chi connectivity index (χ4v) is 2.74. The Morgan fingerprint density at radius 2 is 2.00 bits per heavy atom. The molecule has 2 saturated heterocycles. The van der Waals surface area contributed by atoms with Crippen LogP contribution in [-0.4, -0.2) is 64.8 Å². The van der Waals surface area contributed by atoms with Gasteiger partial charge in [-0.1, -0.05) is 26.8 Å². The second kappa shape index (κ2) is 5.50. The predicted molar refractivity (Wildman–Crippen MR) is 78.5 cm³/mol. The van der Waals surface area contributed by atoms with E-state index in [1.807, 2.05) is 20.8 Å². The average molecular weight is 293 g/mol. The van der Waals surface area contributed by atoms with Gasteiger partial charge in [-0.25, -0.2) is 4.79 Å². The third kappa shape index (κ3) is 3.09. The molecule has 4 amide bonds. The lowest BCUT2D eigenvalue weighted by Crippen LogP contribution is -2.55. The maximum absolute atomic E-state index is 12.3. The van der Waals surface area contributed by atoms with Crippen molar-refractivity contribution in [3.63, 3.8) is 0 Å². The highest BCUT2D eigenvalue weighted by molar-refractivity contribution is 6.04. The average Bonchev–Trinajstić information content (AvgIpc) is 2.62. The number of carbonyl (C=O) groups excluding carboxylic acids is 3. The number of fused-ring (bicyclic) bond motifs is 1. The van der Waals surface area contributed by atoms with Gasteiger partial charge in [0, 0.05) is 26.1 Å². The van der Waals surface area contributed by atoms with E-state index in [0.717, 1.165) is 0 Å². The third-order valence-electron chi connectivity index (χ3n) is 3.75. The molecule has 2 heterocycles. The summed E-state index contributed by atoms with van der Waals surface area (Å²) in [6, 6.07) is -0.803. The molecule has 21 heavy (non-hydrogen) atoms. The number of urea groups is 1. The van der Waals surface area contributed by atoms with E-state index in [0.29, 0.717) is 26.1 Å². The molecule has 2 rings (SSSR count). The summed E-state index contributed by atoms with van der Waals surface area (Å²) in [7, 11) is 0. The van der Waals surface area contributed by atoms with Crippen molar-refractivity contribution >= 4 is 17.8 Å². The van der Waals surface area contributed by atoms with E-state index in [-0.39, 0.29) is 29.8 Å². The summed E-state index contributed by atoms with van der Waals surface area (Å²) in [6.07, 6.45) is 1.98. The maximum atomic E-state index is 12.3. The quantitative estimate of drug-likeness (QED) is 0.578. The number of carbonyl (C=O) groups is 3. The molecule has 0 aromatic carbocycles. The fourth-order valence-electron chi connectivity index (χ4n) is 2.74. The summed E-state index contributed by atoms with van der Waals surface area (Å²) < 4.78 is 0. The second-order valence-corrected chi connectivity index (χ2v) is 6.81. The van der Waals surface area contributed by atoms with E-state index >= 15 is 0 Å². The number of hydrogen-bond donors (Lipinski definition) is 0. The monoisotopic (exact) mass is 293 g/mol. The van der Waals surface area contributed by atoms with Crippen molar-refractivity contribution in [1.82, 2.24) is 14.7 Å². The number of hydrogen-bond acceptors (Lipinski definition) is 3. The first-order valence-corrected chi connectivity index (χ1v) is 7.25. The van der Waals surface area contributed by atoms with Crippen LogP contribution in [0, 0.1) is 5.41 Å². The standard InChI is InChI=1S/C15H23N3O3/c1-5-6-18-13(20)11-10-16(7-8-17(11)14(18)21)12(19)9-15(2,3)4/h5,11H,1,6-10H2,2-4H3/t11-/m0/s1. The Hall–Kier alpha value is -1.85. The summed E-state index contributed by atoms with van der Waals surface area (Å²) in [5, 5.41) is 0. The molecule has 0 aromatic heterocycles. The Morgan fingerprint density at radius 3 is 2.57 bits per heavy atom. The first-order valence-electron chi connectivity index (χ1n) is 7.25. The molecule has 1 atom stereocenters. The SMILES string of the molecule is C=CCN1C(=O)[C@@H]2CN(C(=O)CC(C)(C)C)CCN2C1=O. The van der Waals surface area contributed by atoms with Crippen LogP contribution in [0.2, 0.25) is 0 Å². The zero-order valence-corrected chi connectivity index (χ0v) is 13.0. The number of rotatable bonds is 3. The number of imide groups is 1. The van der Waals surface area contributed by atoms with Gasteiger partial charge in [0.05, 0.1) is 6.54 Å². The van der Waals surface area contributed by atoms with Gasteiger partial charge in [0.15, 0.2) is 0 Å². The largest absolute Gasteiger partial charge is 0.338 e. The van der Waals surface area contributed by atoms with Gasteiger partial charge in [-0.2, -0.15) is 0 Å². The summed E-state index contributed by atoms with van der Waals surface area (Å²) >= 11 is 0. The zero-order chi connectivity index (χ0) is 15.8. The minimum atomic E-state index is -0.532. The van der Waals surface area contributed by atoms with Gasteiger partial charge in [-0.3, -0.25) is 14.5 Å². The Morgan fingerprint density at radius 1 is 1.33 bits per heavy atom. The van der Waals surface area contributed by atoms with Crippen LogP contribution < -0.4 is 0 Å². The van der Waals surface area contributed by atoms with Crippen molar-refractivity contribution in [1.29, 1.82) is 0 Å². The van der Waals surface area contributed by atoms with E-state index in [2.05, 4.69) is 6.58 Å². The predicted octanol–water partition coefficient (Wildman–Crippen LogP) is 1.08. The Labute approximate surface area is 125 Å². The van der Waals surface area contributed by atoms with Crippen LogP contribution in [0.5, 0.6) is 0 Å². The minimum Gasteiger partial charge on any atom is -0.338 e. The molecular weight excluding hydrogens is 270 g/mol. The molecule has 6 nitrogen and oxygen atoms in total. The third-order valence-corrected chi connectivity index (χ3v) is 3.75. The molecule has 0 aromatic rings. The van der Waals surface area contributed by atoms with Gasteiger partial charge in [0.1, 0.15) is 6.04 Å². The van der Waals surface area contributed by atoms with Gasteiger partial charge in [0.2, 0.25) is 5.91 Å². The molecule has 0 saturated carbocycles. The molecule has 0 bridgehead atoms. The fraction of sp³-hybridized carbons (Fsp3) is 0.667. The maximum Gasteiger partial charge on any atom is 0.327 e. The van der Waals surface area contributed by atoms with Crippen molar-refractivity contribution in [3.8, 4) is 0 Å². The molecule has 6 heteroatoms. The van der Waals surface area contributed by atoms with Crippen molar-refractivity contribution in [2.75, 3.05) is 26.2 Å². The Balaban J connectivity index is 2.06. The second-order valence-electron chi connectivity index (χ2n) is 6.81. The molecule has 0 unspecified atom stereocenters. The van der Waals surface area contributed by atoms with Crippen molar-refractivity contribution < 1.29 is 14.4 Å². The first-order chi connectivity index (χ1) is 9.74. The van der Waals surface area contributed by atoms with Gasteiger partial charge >= 0.3 is 6.03 Å². The van der Waals surface area contributed by atoms with Crippen LogP contribution >= 0.6 is 0 Å². The van der Waals surface area contributed by atoms with Crippen LogP contribution in [0.1, 0.15) is 27.2 Å². The number of piperazine rings is 1. The van der Waals surface area contributed by atoms with Crippen molar-refractivity contribution in [2.45, 2.75) is 33.2 Å². The molecule has 0 spiro atoms. The lowest BCUT2D eigenvalue weighted by molar-refractivity contribution is -0.137. The molecule has 2 fully saturated rings. The smallest absolute Gasteiger partial charge is 0.327 e. The van der Waals surface area contributed by atoms with E-state index in [4.69, 9.17) is 0 Å². The highest BCUT2D eigenvalue weighted by atomic mass is 16.2. The van der Waals surface area contributed by atoms with Gasteiger partial charge in [0.25, 0.3) is 5.91 Å². The van der Waals surface area contributed by atoms with Crippen molar-refractivity contribution in [3.05, 3.63) is 12.7 Å². The van der Waals surface area contributed by atoms with Crippen LogP contribution in [0.15, 0.2) is 12.7 Å². The highest BCUT2D eigenvalue weighted by Gasteiger charge is 2.47. The van der Waals surface area contributed by atoms with Gasteiger partial charge in [-0.15, -0.1) is 6.58 Å². The minimum absolute atomic E-state index is 0.0459. The molecule has 0 radical (unpaired) electrons. The van der Waals surface area contributed by atoms with Gasteiger partial charge in [-0.05, 0) is 5.41 Å². The van der Waals surface area contributed by atoms with Crippen LogP contribution in [0.25, 0.3) is 0 Å². The summed E-state index contributed by atoms with van der Waals surface area (Å²) in [5.41, 5.74) is -0.0847. The summed E-state index contributed by atoms with van der Waals surface area (Å²) in [4.78, 5) is 41.1. The first kappa shape index (κ1) is 15.5. The zero-order valence-electron chi connectivity index (χ0n) is 13.0. The van der Waals surface area contributed by atoms with E-state index in [9.17, 15) is 14.4 Å². The number of nitrogens with zero attached hydrogens (tertiary/aromatic N) is 3. The molecule has 0 N–H and O–H groups in total. The van der Waals surface area contributed by atoms with Crippen molar-refractivity contribution in [2.24, 2.45) is 5.41 Å². The molecule has 116 valence electrons. The molecule has 2 aliphatic rings. The van der Waals surface area contributed by atoms with Crippen LogP contribution in [0.3, 0.4) is 0 Å². The normalized spacial score (nSPS) is 22.6. The topological polar surface area (TPSA) is 60.9 Å². The number of amides is 4. The Bertz CT molecular complexity index is 481. The lowest BCUT2D eigenvalue weighted by Gasteiger charge is -2.36.